The molecule has 1 unspecified atom stereocenters. The van der Waals surface area contributed by atoms with E-state index in [1.807, 2.05) is 0 Å². The second kappa shape index (κ2) is 3.91. The molecule has 15 heavy (non-hydrogen) atoms. The Morgan fingerprint density at radius 1 is 1.40 bits per heavy atom. The van der Waals surface area contributed by atoms with Crippen LogP contribution in [0.1, 0.15) is 44.4 Å². The normalized spacial score (nSPS) is 30.3. The Hall–Kier alpha value is -0.340. The lowest BCUT2D eigenvalue weighted by atomic mass is 9.68. The number of hydrogen-bond donors (Lipinski definition) is 1. The maximum atomic E-state index is 10.6. The molecule has 0 bridgehead atoms. The van der Waals surface area contributed by atoms with Gasteiger partial charge in [-0.2, -0.15) is 0 Å². The molecule has 1 N–H and O–H groups in total. The van der Waals surface area contributed by atoms with Crippen molar-refractivity contribution >= 4 is 11.3 Å². The Kier molecular flexibility index (Phi) is 2.91. The summed E-state index contributed by atoms with van der Waals surface area (Å²) >= 11 is 1.76. The quantitative estimate of drug-likeness (QED) is 0.813. The molecular formula is C13H20OS. The summed E-state index contributed by atoms with van der Waals surface area (Å²) in [4.78, 5) is 1.32. The Morgan fingerprint density at radius 3 is 2.80 bits per heavy atom. The second-order valence-electron chi connectivity index (χ2n) is 5.68. The number of rotatable bonds is 2. The Labute approximate surface area is 96.1 Å². The first-order chi connectivity index (χ1) is 6.99. The van der Waals surface area contributed by atoms with Crippen molar-refractivity contribution in [3.63, 3.8) is 0 Å². The molecule has 2 heteroatoms. The van der Waals surface area contributed by atoms with Gasteiger partial charge in [-0.15, -0.1) is 11.3 Å². The third-order valence-corrected chi connectivity index (χ3v) is 4.26. The summed E-state index contributed by atoms with van der Waals surface area (Å²) in [5.41, 5.74) is -0.142. The molecule has 84 valence electrons. The first-order valence-corrected chi connectivity index (χ1v) is 6.62. The van der Waals surface area contributed by atoms with E-state index in [1.54, 1.807) is 11.3 Å². The predicted octanol–water partition coefficient (Wildman–Crippen LogP) is 3.62. The van der Waals surface area contributed by atoms with Crippen LogP contribution in [0.15, 0.2) is 17.5 Å². The zero-order valence-electron chi connectivity index (χ0n) is 9.62. The maximum Gasteiger partial charge on any atom is 0.0700 e. The summed E-state index contributed by atoms with van der Waals surface area (Å²) in [5, 5.41) is 12.7. The number of hydrogen-bond acceptors (Lipinski definition) is 2. The maximum absolute atomic E-state index is 10.6. The summed E-state index contributed by atoms with van der Waals surface area (Å²) in [6, 6.07) is 4.20. The molecule has 1 aromatic rings. The Balaban J connectivity index is 2.06. The van der Waals surface area contributed by atoms with E-state index in [1.165, 1.54) is 11.3 Å². The Morgan fingerprint density at radius 2 is 2.20 bits per heavy atom. The van der Waals surface area contributed by atoms with E-state index >= 15 is 0 Å². The highest BCUT2D eigenvalue weighted by Crippen LogP contribution is 2.42. The highest BCUT2D eigenvalue weighted by molar-refractivity contribution is 7.09. The van der Waals surface area contributed by atoms with Gasteiger partial charge < -0.3 is 5.11 Å². The average Bonchev–Trinajstić information content (AvgIpc) is 2.52. The van der Waals surface area contributed by atoms with Gasteiger partial charge in [0.05, 0.1) is 5.60 Å². The van der Waals surface area contributed by atoms with Crippen LogP contribution in [-0.4, -0.2) is 10.7 Å². The predicted molar refractivity (Wildman–Crippen MR) is 65.2 cm³/mol. The van der Waals surface area contributed by atoms with Crippen LogP contribution in [0.5, 0.6) is 0 Å². The SMILES string of the molecule is CC1(C)CCCC(O)(Cc2cccs2)C1. The van der Waals surface area contributed by atoms with Crippen LogP contribution >= 0.6 is 11.3 Å². The molecule has 1 aliphatic carbocycles. The van der Waals surface area contributed by atoms with Crippen molar-refractivity contribution in [2.75, 3.05) is 0 Å². The van der Waals surface area contributed by atoms with Crippen molar-refractivity contribution in [1.29, 1.82) is 0 Å². The fourth-order valence-corrected chi connectivity index (χ4v) is 3.69. The lowest BCUT2D eigenvalue weighted by molar-refractivity contribution is -0.0376. The third kappa shape index (κ3) is 2.82. The zero-order chi connectivity index (χ0) is 10.9. The molecule has 1 atom stereocenters. The molecule has 0 aliphatic heterocycles. The first-order valence-electron chi connectivity index (χ1n) is 5.74. The van der Waals surface area contributed by atoms with E-state index in [2.05, 4.69) is 31.4 Å². The van der Waals surface area contributed by atoms with E-state index < -0.39 is 5.60 Å². The number of aliphatic hydroxyl groups is 1. The molecule has 1 nitrogen and oxygen atoms in total. The smallest absolute Gasteiger partial charge is 0.0700 e. The Bertz CT molecular complexity index is 315. The fourth-order valence-electron chi connectivity index (χ4n) is 2.85. The molecule has 1 saturated carbocycles. The van der Waals surface area contributed by atoms with Gasteiger partial charge in [-0.1, -0.05) is 26.3 Å². The lowest BCUT2D eigenvalue weighted by Crippen LogP contribution is -2.40. The van der Waals surface area contributed by atoms with Gasteiger partial charge in [-0.05, 0) is 36.1 Å². The molecule has 0 saturated heterocycles. The molecule has 0 radical (unpaired) electrons. The minimum absolute atomic E-state index is 0.310. The summed E-state index contributed by atoms with van der Waals surface area (Å²) in [6.45, 7) is 4.54. The van der Waals surface area contributed by atoms with Crippen molar-refractivity contribution < 1.29 is 5.11 Å². The van der Waals surface area contributed by atoms with E-state index in [4.69, 9.17) is 0 Å². The topological polar surface area (TPSA) is 20.2 Å². The van der Waals surface area contributed by atoms with Crippen LogP contribution in [-0.2, 0) is 6.42 Å². The van der Waals surface area contributed by atoms with Gasteiger partial charge in [0, 0.05) is 11.3 Å². The largest absolute Gasteiger partial charge is 0.389 e. The molecule has 1 fully saturated rings. The van der Waals surface area contributed by atoms with Crippen molar-refractivity contribution in [3.05, 3.63) is 22.4 Å². The molecule has 1 heterocycles. The van der Waals surface area contributed by atoms with E-state index in [0.717, 1.165) is 25.7 Å². The van der Waals surface area contributed by atoms with Crippen molar-refractivity contribution in [2.45, 2.75) is 51.6 Å². The summed E-state index contributed by atoms with van der Waals surface area (Å²) in [6.07, 6.45) is 5.16. The summed E-state index contributed by atoms with van der Waals surface area (Å²) in [5.74, 6) is 0. The minimum atomic E-state index is -0.452. The first kappa shape index (κ1) is 11.2. The minimum Gasteiger partial charge on any atom is -0.389 e. The average molecular weight is 224 g/mol. The van der Waals surface area contributed by atoms with Gasteiger partial charge in [0.25, 0.3) is 0 Å². The van der Waals surface area contributed by atoms with Crippen molar-refractivity contribution in [3.8, 4) is 0 Å². The summed E-state index contributed by atoms with van der Waals surface area (Å²) < 4.78 is 0. The van der Waals surface area contributed by atoms with E-state index in [0.29, 0.717) is 5.41 Å². The van der Waals surface area contributed by atoms with Gasteiger partial charge in [0.2, 0.25) is 0 Å². The molecule has 0 amide bonds. The molecule has 2 rings (SSSR count). The van der Waals surface area contributed by atoms with Crippen LogP contribution in [0, 0.1) is 5.41 Å². The standard InChI is InChI=1S/C13H20OS/c1-12(2)6-4-7-13(14,10-12)9-11-5-3-8-15-11/h3,5,8,14H,4,6-7,9-10H2,1-2H3. The zero-order valence-corrected chi connectivity index (χ0v) is 10.4. The second-order valence-corrected chi connectivity index (χ2v) is 6.71. The van der Waals surface area contributed by atoms with Gasteiger partial charge in [-0.3, -0.25) is 0 Å². The lowest BCUT2D eigenvalue weighted by Gasteiger charge is -2.41. The molecule has 0 spiro atoms. The van der Waals surface area contributed by atoms with Gasteiger partial charge in [0.15, 0.2) is 0 Å². The van der Waals surface area contributed by atoms with Crippen LogP contribution in [0.2, 0.25) is 0 Å². The van der Waals surface area contributed by atoms with Gasteiger partial charge in [0.1, 0.15) is 0 Å². The van der Waals surface area contributed by atoms with Crippen LogP contribution in [0.25, 0.3) is 0 Å². The van der Waals surface area contributed by atoms with E-state index in [-0.39, 0.29) is 0 Å². The number of thiophene rings is 1. The van der Waals surface area contributed by atoms with Crippen molar-refractivity contribution in [2.24, 2.45) is 5.41 Å². The molecular weight excluding hydrogens is 204 g/mol. The molecule has 1 aliphatic rings. The highest BCUT2D eigenvalue weighted by Gasteiger charge is 2.38. The third-order valence-electron chi connectivity index (χ3n) is 3.39. The van der Waals surface area contributed by atoms with E-state index in [9.17, 15) is 5.11 Å². The molecule has 1 aromatic heterocycles. The van der Waals surface area contributed by atoms with Crippen molar-refractivity contribution in [1.82, 2.24) is 0 Å². The van der Waals surface area contributed by atoms with Crippen LogP contribution < -0.4 is 0 Å². The van der Waals surface area contributed by atoms with Crippen LogP contribution in [0.4, 0.5) is 0 Å². The van der Waals surface area contributed by atoms with Gasteiger partial charge in [-0.25, -0.2) is 0 Å². The monoisotopic (exact) mass is 224 g/mol. The highest BCUT2D eigenvalue weighted by atomic mass is 32.1. The fraction of sp³-hybridized carbons (Fsp3) is 0.692. The van der Waals surface area contributed by atoms with Gasteiger partial charge >= 0.3 is 0 Å². The summed E-state index contributed by atoms with van der Waals surface area (Å²) in [7, 11) is 0. The van der Waals surface area contributed by atoms with Crippen LogP contribution in [0.3, 0.4) is 0 Å². The molecule has 0 aromatic carbocycles.